The number of hydrogen-bond donors (Lipinski definition) is 1. The molecule has 1 aromatic rings. The average molecular weight is 212 g/mol. The summed E-state index contributed by atoms with van der Waals surface area (Å²) in [5, 5.41) is 10.2. The predicted octanol–water partition coefficient (Wildman–Crippen LogP) is 2.84. The van der Waals surface area contributed by atoms with E-state index in [0.717, 1.165) is 0 Å². The molecular weight excluding hydrogens is 195 g/mol. The molecule has 0 radical (unpaired) electrons. The highest BCUT2D eigenvalue weighted by Gasteiger charge is 2.28. The zero-order valence-electron chi connectivity index (χ0n) is 9.38. The molecule has 0 aromatic heterocycles. The summed E-state index contributed by atoms with van der Waals surface area (Å²) in [6.45, 7) is 3.68. The van der Waals surface area contributed by atoms with Gasteiger partial charge in [-0.2, -0.15) is 0 Å². The van der Waals surface area contributed by atoms with E-state index in [-0.39, 0.29) is 0 Å². The van der Waals surface area contributed by atoms with Gasteiger partial charge in [-0.3, -0.25) is 0 Å². The first-order chi connectivity index (χ1) is 7.07. The Hall–Kier alpha value is -1.09. The van der Waals surface area contributed by atoms with Crippen molar-refractivity contribution in [2.75, 3.05) is 7.11 Å². The molecule has 0 amide bonds. The third-order valence-electron chi connectivity index (χ3n) is 2.85. The second-order valence-corrected chi connectivity index (χ2v) is 3.58. The highest BCUT2D eigenvalue weighted by atomic mass is 19.1. The number of halogens is 1. The van der Waals surface area contributed by atoms with E-state index in [1.165, 1.54) is 13.2 Å². The normalized spacial score (nSPS) is 11.5. The number of ether oxygens (including phenoxy) is 1. The molecule has 1 aromatic carbocycles. The van der Waals surface area contributed by atoms with Gasteiger partial charge in [0.1, 0.15) is 11.6 Å². The molecule has 0 aliphatic carbocycles. The van der Waals surface area contributed by atoms with Crippen LogP contribution in [0.3, 0.4) is 0 Å². The average Bonchev–Trinajstić information content (AvgIpc) is 2.27. The number of benzene rings is 1. The number of rotatable bonds is 4. The third-order valence-corrected chi connectivity index (χ3v) is 2.85. The molecule has 1 N–H and O–H groups in total. The molecule has 0 unspecified atom stereocenters. The zero-order chi connectivity index (χ0) is 11.5. The monoisotopic (exact) mass is 212 g/mol. The summed E-state index contributed by atoms with van der Waals surface area (Å²) in [6.07, 6.45) is 0.986. The van der Waals surface area contributed by atoms with Gasteiger partial charge in [-0.1, -0.05) is 13.8 Å². The van der Waals surface area contributed by atoms with Crippen LogP contribution in [0.25, 0.3) is 0 Å². The van der Waals surface area contributed by atoms with E-state index < -0.39 is 11.4 Å². The van der Waals surface area contributed by atoms with Crippen LogP contribution in [0.1, 0.15) is 32.3 Å². The van der Waals surface area contributed by atoms with Gasteiger partial charge in [-0.25, -0.2) is 4.39 Å². The summed E-state index contributed by atoms with van der Waals surface area (Å²) >= 11 is 0. The number of hydrogen-bond acceptors (Lipinski definition) is 2. The fraction of sp³-hybridized carbons (Fsp3) is 0.500. The Morgan fingerprint density at radius 3 is 2.33 bits per heavy atom. The molecule has 84 valence electrons. The maximum absolute atomic E-state index is 13.7. The highest BCUT2D eigenvalue weighted by molar-refractivity contribution is 5.32. The van der Waals surface area contributed by atoms with Crippen LogP contribution in [-0.4, -0.2) is 12.2 Å². The molecule has 15 heavy (non-hydrogen) atoms. The van der Waals surface area contributed by atoms with E-state index in [9.17, 15) is 9.50 Å². The lowest BCUT2D eigenvalue weighted by molar-refractivity contribution is 0.0248. The summed E-state index contributed by atoms with van der Waals surface area (Å²) in [5.41, 5.74) is -0.732. The fourth-order valence-electron chi connectivity index (χ4n) is 1.63. The third kappa shape index (κ3) is 2.29. The summed E-state index contributed by atoms with van der Waals surface area (Å²) in [7, 11) is 1.49. The highest BCUT2D eigenvalue weighted by Crippen LogP contribution is 2.31. The minimum atomic E-state index is -1.07. The van der Waals surface area contributed by atoms with Crippen LogP contribution in [0.5, 0.6) is 5.75 Å². The van der Waals surface area contributed by atoms with Crippen molar-refractivity contribution < 1.29 is 14.2 Å². The van der Waals surface area contributed by atoms with E-state index in [4.69, 9.17) is 4.74 Å². The Labute approximate surface area is 89.7 Å². The standard InChI is InChI=1S/C12H17FO2/c1-4-12(14,5-2)10-7-6-9(15-3)8-11(10)13/h6-8,14H,4-5H2,1-3H3. The molecule has 0 aliphatic heterocycles. The van der Waals surface area contributed by atoms with Crippen LogP contribution >= 0.6 is 0 Å². The first kappa shape index (κ1) is 12.0. The van der Waals surface area contributed by atoms with E-state index in [1.54, 1.807) is 12.1 Å². The van der Waals surface area contributed by atoms with Crippen LogP contribution < -0.4 is 4.74 Å². The molecule has 1 rings (SSSR count). The lowest BCUT2D eigenvalue weighted by Gasteiger charge is -2.26. The van der Waals surface area contributed by atoms with Gasteiger partial charge < -0.3 is 9.84 Å². The van der Waals surface area contributed by atoms with Crippen LogP contribution in [0.15, 0.2) is 18.2 Å². The van der Waals surface area contributed by atoms with Crippen LogP contribution in [0, 0.1) is 5.82 Å². The second kappa shape index (κ2) is 4.62. The Morgan fingerprint density at radius 1 is 1.33 bits per heavy atom. The van der Waals surface area contributed by atoms with Crippen molar-refractivity contribution in [1.29, 1.82) is 0 Å². The van der Waals surface area contributed by atoms with Gasteiger partial charge in [-0.05, 0) is 25.0 Å². The maximum atomic E-state index is 13.7. The Balaban J connectivity index is 3.14. The van der Waals surface area contributed by atoms with Crippen LogP contribution in [0.2, 0.25) is 0 Å². The maximum Gasteiger partial charge on any atom is 0.132 e. The molecule has 0 saturated heterocycles. The molecule has 0 heterocycles. The molecule has 0 fully saturated rings. The van der Waals surface area contributed by atoms with Crippen LogP contribution in [-0.2, 0) is 5.60 Å². The summed E-state index contributed by atoms with van der Waals surface area (Å²) in [6, 6.07) is 4.54. The SMILES string of the molecule is CCC(O)(CC)c1ccc(OC)cc1F. The summed E-state index contributed by atoms with van der Waals surface area (Å²) < 4.78 is 18.6. The van der Waals surface area contributed by atoms with E-state index >= 15 is 0 Å². The van der Waals surface area contributed by atoms with E-state index in [0.29, 0.717) is 24.2 Å². The first-order valence-electron chi connectivity index (χ1n) is 5.13. The van der Waals surface area contributed by atoms with Gasteiger partial charge in [0.15, 0.2) is 0 Å². The molecule has 0 aliphatic rings. The van der Waals surface area contributed by atoms with Crippen molar-refractivity contribution in [2.24, 2.45) is 0 Å². The molecule has 3 heteroatoms. The van der Waals surface area contributed by atoms with Gasteiger partial charge in [0.2, 0.25) is 0 Å². The smallest absolute Gasteiger partial charge is 0.132 e. The molecular formula is C12H17FO2. The lowest BCUT2D eigenvalue weighted by Crippen LogP contribution is -2.24. The topological polar surface area (TPSA) is 29.5 Å². The minimum absolute atomic E-state index is 0.341. The van der Waals surface area contributed by atoms with Crippen molar-refractivity contribution in [3.8, 4) is 5.75 Å². The van der Waals surface area contributed by atoms with E-state index in [2.05, 4.69) is 0 Å². The van der Waals surface area contributed by atoms with Crippen molar-refractivity contribution in [1.82, 2.24) is 0 Å². The quantitative estimate of drug-likeness (QED) is 0.831. The Kier molecular flexibility index (Phi) is 3.69. The van der Waals surface area contributed by atoms with Crippen molar-refractivity contribution in [3.63, 3.8) is 0 Å². The summed E-state index contributed by atoms with van der Waals surface area (Å²) in [4.78, 5) is 0. The molecule has 0 spiro atoms. The number of aliphatic hydroxyl groups is 1. The van der Waals surface area contributed by atoms with Gasteiger partial charge >= 0.3 is 0 Å². The molecule has 0 bridgehead atoms. The largest absolute Gasteiger partial charge is 0.497 e. The molecule has 0 saturated carbocycles. The fourth-order valence-corrected chi connectivity index (χ4v) is 1.63. The Bertz CT molecular complexity index is 332. The van der Waals surface area contributed by atoms with Gasteiger partial charge in [0, 0.05) is 11.6 Å². The van der Waals surface area contributed by atoms with Gasteiger partial charge in [0.05, 0.1) is 12.7 Å². The molecule has 0 atom stereocenters. The van der Waals surface area contributed by atoms with Gasteiger partial charge in [0.25, 0.3) is 0 Å². The van der Waals surface area contributed by atoms with Crippen LogP contribution in [0.4, 0.5) is 4.39 Å². The van der Waals surface area contributed by atoms with Crippen molar-refractivity contribution in [3.05, 3.63) is 29.6 Å². The number of methoxy groups -OCH3 is 1. The lowest BCUT2D eigenvalue weighted by atomic mass is 9.88. The first-order valence-corrected chi connectivity index (χ1v) is 5.13. The Morgan fingerprint density at radius 2 is 1.93 bits per heavy atom. The molecule has 2 nitrogen and oxygen atoms in total. The predicted molar refractivity (Wildman–Crippen MR) is 57.4 cm³/mol. The minimum Gasteiger partial charge on any atom is -0.497 e. The van der Waals surface area contributed by atoms with Crippen molar-refractivity contribution >= 4 is 0 Å². The van der Waals surface area contributed by atoms with Crippen molar-refractivity contribution in [2.45, 2.75) is 32.3 Å². The summed E-state index contributed by atoms with van der Waals surface area (Å²) in [5.74, 6) is 0.0476. The van der Waals surface area contributed by atoms with Gasteiger partial charge in [-0.15, -0.1) is 0 Å². The zero-order valence-corrected chi connectivity index (χ0v) is 9.38. The second-order valence-electron chi connectivity index (χ2n) is 3.58. The van der Waals surface area contributed by atoms with E-state index in [1.807, 2.05) is 13.8 Å².